The predicted molar refractivity (Wildman–Crippen MR) is 194 cm³/mol. The molecule has 0 spiro atoms. The van der Waals surface area contributed by atoms with Gasteiger partial charge in [0.15, 0.2) is 0 Å². The number of likely N-dealkylation sites (N-methyl/N-ethyl adjacent to an activating group) is 2. The van der Waals surface area contributed by atoms with Crippen molar-refractivity contribution in [1.29, 1.82) is 0 Å². The van der Waals surface area contributed by atoms with Crippen LogP contribution in [-0.2, 0) is 46.9 Å². The lowest BCUT2D eigenvalue weighted by Crippen LogP contribution is -2.61. The quantitative estimate of drug-likeness (QED) is 0.198. The second-order valence-corrected chi connectivity index (χ2v) is 16.6. The molecule has 4 N–H and O–H groups in total. The highest BCUT2D eigenvalue weighted by Gasteiger charge is 2.42. The van der Waals surface area contributed by atoms with E-state index in [1.54, 1.807) is 19.4 Å². The summed E-state index contributed by atoms with van der Waals surface area (Å²) in [6.07, 6.45) is -3.52. The van der Waals surface area contributed by atoms with Gasteiger partial charge in [-0.25, -0.2) is 13.1 Å². The number of nitrogens with one attached hydrogen (secondary N) is 4. The van der Waals surface area contributed by atoms with Gasteiger partial charge in [0.2, 0.25) is 21.8 Å². The number of alkyl halides is 3. The minimum absolute atomic E-state index is 0.0360. The fourth-order valence-electron chi connectivity index (χ4n) is 5.68. The highest BCUT2D eigenvalue weighted by atomic mass is 32.2. The van der Waals surface area contributed by atoms with E-state index in [1.807, 2.05) is 83.5 Å². The van der Waals surface area contributed by atoms with Gasteiger partial charge in [0, 0.05) is 24.6 Å². The van der Waals surface area contributed by atoms with Gasteiger partial charge in [-0.15, -0.1) is 0 Å². The Morgan fingerprint density at radius 2 is 1.40 bits per heavy atom. The van der Waals surface area contributed by atoms with E-state index < -0.39 is 75.2 Å². The topological polar surface area (TPSA) is 154 Å². The van der Waals surface area contributed by atoms with Crippen LogP contribution in [0.3, 0.4) is 0 Å². The molecule has 0 bridgehead atoms. The molecule has 3 unspecified atom stereocenters. The van der Waals surface area contributed by atoms with Crippen LogP contribution < -0.4 is 20.7 Å². The number of amides is 4. The van der Waals surface area contributed by atoms with Crippen molar-refractivity contribution < 1.29 is 40.8 Å². The average Bonchev–Trinajstić information content (AvgIpc) is 3.03. The third kappa shape index (κ3) is 12.2. The van der Waals surface area contributed by atoms with E-state index in [2.05, 4.69) is 10.6 Å². The summed E-state index contributed by atoms with van der Waals surface area (Å²) in [5.41, 5.74) is 0.194. The van der Waals surface area contributed by atoms with Crippen LogP contribution in [-0.4, -0.2) is 75.3 Å². The smallest absolute Gasteiger partial charge is 0.344 e. The maximum absolute atomic E-state index is 14.1. The molecule has 15 heteroatoms. The molecule has 0 aliphatic heterocycles. The molecule has 0 heterocycles. The van der Waals surface area contributed by atoms with Crippen LogP contribution in [0.15, 0.2) is 66.2 Å². The van der Waals surface area contributed by atoms with Crippen molar-refractivity contribution in [1.82, 2.24) is 25.6 Å². The van der Waals surface area contributed by atoms with Crippen LogP contribution in [0.5, 0.6) is 0 Å². The molecular weight excluding hydrogens is 699 g/mol. The summed E-state index contributed by atoms with van der Waals surface area (Å²) in [7, 11) is -0.957. The second-order valence-electron chi connectivity index (χ2n) is 14.8. The first-order valence-electron chi connectivity index (χ1n) is 16.8. The van der Waals surface area contributed by atoms with Crippen molar-refractivity contribution >= 4 is 33.7 Å². The Kier molecular flexibility index (Phi) is 14.8. The van der Waals surface area contributed by atoms with E-state index in [1.165, 1.54) is 42.2 Å². The molecule has 0 aliphatic rings. The highest BCUT2D eigenvalue weighted by molar-refractivity contribution is 7.89. The van der Waals surface area contributed by atoms with Crippen molar-refractivity contribution in [2.75, 3.05) is 14.1 Å². The van der Waals surface area contributed by atoms with Crippen LogP contribution in [0, 0.1) is 11.3 Å². The largest absolute Gasteiger partial charge is 0.471 e. The molecule has 52 heavy (non-hydrogen) atoms. The Hall–Kier alpha value is -4.24. The molecule has 4 amide bonds. The number of carbonyl (C=O) groups excluding carboxylic acids is 4. The molecular formula is C37H52F3N5O6S. The fraction of sp³-hybridized carbons (Fsp3) is 0.514. The molecule has 0 aromatic heterocycles. The second kappa shape index (κ2) is 17.5. The van der Waals surface area contributed by atoms with Gasteiger partial charge in [0.05, 0.1) is 17.8 Å². The normalized spacial score (nSPS) is 14.6. The molecule has 288 valence electrons. The number of hydrogen-bond donors (Lipinski definition) is 4. The third-order valence-corrected chi connectivity index (χ3v) is 9.99. The van der Waals surface area contributed by atoms with Crippen LogP contribution >= 0.6 is 0 Å². The Bertz CT molecular complexity index is 1700. The summed E-state index contributed by atoms with van der Waals surface area (Å²) in [5, 5.41) is 7.81. The maximum atomic E-state index is 14.1. The van der Waals surface area contributed by atoms with Gasteiger partial charge in [-0.3, -0.25) is 19.2 Å². The summed E-state index contributed by atoms with van der Waals surface area (Å²) in [6, 6.07) is 12.7. The van der Waals surface area contributed by atoms with Gasteiger partial charge in [-0.2, -0.15) is 13.2 Å². The third-order valence-electron chi connectivity index (χ3n) is 8.79. The number of hydrogen-bond acceptors (Lipinski definition) is 7. The van der Waals surface area contributed by atoms with Crippen LogP contribution in [0.2, 0.25) is 0 Å². The van der Waals surface area contributed by atoms with Crippen molar-refractivity contribution in [2.24, 2.45) is 11.3 Å². The van der Waals surface area contributed by atoms with Gasteiger partial charge in [-0.05, 0) is 42.0 Å². The first kappa shape index (κ1) is 43.9. The fourth-order valence-corrected chi connectivity index (χ4v) is 6.82. The Morgan fingerprint density at radius 3 is 1.88 bits per heavy atom. The highest BCUT2D eigenvalue weighted by Crippen LogP contribution is 2.29. The zero-order valence-corrected chi connectivity index (χ0v) is 32.3. The molecule has 2 aromatic rings. The van der Waals surface area contributed by atoms with Crippen molar-refractivity contribution in [3.63, 3.8) is 0 Å². The van der Waals surface area contributed by atoms with E-state index in [4.69, 9.17) is 0 Å². The summed E-state index contributed by atoms with van der Waals surface area (Å²) < 4.78 is 65.1. The van der Waals surface area contributed by atoms with E-state index in [-0.39, 0.29) is 23.0 Å². The number of rotatable bonds is 15. The summed E-state index contributed by atoms with van der Waals surface area (Å²) >= 11 is 0. The zero-order chi connectivity index (χ0) is 39.8. The lowest BCUT2D eigenvalue weighted by atomic mass is 9.76. The predicted octanol–water partition coefficient (Wildman–Crippen LogP) is 4.34. The maximum Gasteiger partial charge on any atom is 0.471 e. The molecule has 0 saturated heterocycles. The number of benzene rings is 2. The van der Waals surface area contributed by atoms with Gasteiger partial charge in [0.1, 0.15) is 6.04 Å². The number of carbonyl (C=O) groups is 4. The van der Waals surface area contributed by atoms with Gasteiger partial charge >= 0.3 is 12.1 Å². The van der Waals surface area contributed by atoms with E-state index in [0.29, 0.717) is 5.56 Å². The lowest BCUT2D eigenvalue weighted by molar-refractivity contribution is -0.173. The van der Waals surface area contributed by atoms with Gasteiger partial charge < -0.3 is 20.9 Å². The van der Waals surface area contributed by atoms with Gasteiger partial charge in [0.25, 0.3) is 5.91 Å². The van der Waals surface area contributed by atoms with E-state index in [0.717, 1.165) is 5.56 Å². The molecule has 2 rings (SSSR count). The van der Waals surface area contributed by atoms with E-state index in [9.17, 15) is 40.8 Å². The molecule has 0 fully saturated rings. The molecule has 3 atom stereocenters. The first-order valence-corrected chi connectivity index (χ1v) is 18.4. The first-order chi connectivity index (χ1) is 23.8. The number of nitrogens with zero attached hydrogens (tertiary/aromatic N) is 1. The van der Waals surface area contributed by atoms with Crippen molar-refractivity contribution in [2.45, 2.75) is 97.4 Å². The Balaban J connectivity index is 2.21. The Morgan fingerprint density at radius 1 is 0.865 bits per heavy atom. The molecule has 11 nitrogen and oxygen atoms in total. The van der Waals surface area contributed by atoms with Crippen LogP contribution in [0.4, 0.5) is 13.2 Å². The molecule has 0 radical (unpaired) electrons. The summed E-state index contributed by atoms with van der Waals surface area (Å²) in [6.45, 7) is 14.1. The standard InChI is InChI=1S/C37H52F3N5O6S/c1-23(2)28(20-24(3)31(46)44-52(50,51)22-26-18-16-25(17-19-26)21-42-34(49)37(38,39)40)45(10)33(48)30(35(4,5)6)43-32(47)29(41-9)36(7,8)27-14-12-11-13-15-27/h11-20,23,28-30,41H,21-22H2,1-10H3,(H,42,49)(H,43,47)(H,44,46). The van der Waals surface area contributed by atoms with E-state index >= 15 is 0 Å². The summed E-state index contributed by atoms with van der Waals surface area (Å²) in [4.78, 5) is 53.5. The van der Waals surface area contributed by atoms with Crippen LogP contribution in [0.1, 0.15) is 72.1 Å². The minimum atomic E-state index is -5.03. The monoisotopic (exact) mass is 751 g/mol. The molecule has 0 aliphatic carbocycles. The lowest BCUT2D eigenvalue weighted by Gasteiger charge is -2.40. The summed E-state index contributed by atoms with van der Waals surface area (Å²) in [5.74, 6) is -4.58. The van der Waals surface area contributed by atoms with Crippen molar-refractivity contribution in [3.05, 3.63) is 82.9 Å². The van der Waals surface area contributed by atoms with Crippen LogP contribution in [0.25, 0.3) is 0 Å². The minimum Gasteiger partial charge on any atom is -0.344 e. The SMILES string of the molecule is CNC(C(=O)NC(C(=O)N(C)C(C=C(C)C(=O)NS(=O)(=O)Cc1ccc(CNC(=O)C(F)(F)F)cc1)C(C)C)C(C)(C)C)C(C)(C)c1ccccc1. The number of halogens is 3. The zero-order valence-electron chi connectivity index (χ0n) is 31.4. The van der Waals surface area contributed by atoms with Gasteiger partial charge in [-0.1, -0.05) is 109 Å². The molecule has 0 saturated carbocycles. The van der Waals surface area contributed by atoms with Crippen molar-refractivity contribution in [3.8, 4) is 0 Å². The average molecular weight is 752 g/mol. The Labute approximate surface area is 305 Å². The molecule has 2 aromatic carbocycles. The number of sulfonamides is 1.